The van der Waals surface area contributed by atoms with Crippen LogP contribution in [-0.2, 0) is 0 Å². The highest BCUT2D eigenvalue weighted by atomic mass is 35.5. The summed E-state index contributed by atoms with van der Waals surface area (Å²) in [6, 6.07) is 11.9. The molecule has 0 spiro atoms. The summed E-state index contributed by atoms with van der Waals surface area (Å²) < 4.78 is 5.66. The summed E-state index contributed by atoms with van der Waals surface area (Å²) >= 11 is 11.9. The third kappa shape index (κ3) is 2.77. The summed E-state index contributed by atoms with van der Waals surface area (Å²) in [5, 5.41) is 3.60. The largest absolute Gasteiger partial charge is 0.456 e. The molecule has 0 unspecified atom stereocenters. The summed E-state index contributed by atoms with van der Waals surface area (Å²) in [5.41, 5.74) is 9.16. The van der Waals surface area contributed by atoms with Crippen molar-refractivity contribution in [2.45, 2.75) is 0 Å². The van der Waals surface area contributed by atoms with Crippen LogP contribution in [-0.4, -0.2) is 10.9 Å². The van der Waals surface area contributed by atoms with Gasteiger partial charge < -0.3 is 15.5 Å². The highest BCUT2D eigenvalue weighted by Crippen LogP contribution is 2.37. The lowest BCUT2D eigenvalue weighted by Crippen LogP contribution is -2.12. The molecule has 25 heavy (non-hydrogen) atoms. The average Bonchev–Trinajstić information content (AvgIpc) is 3.20. The number of hydrogen-bond donors (Lipinski definition) is 2. The standard InChI is InChI=1S/C18H11Cl2N3O2/c19-11-3-2-10(7-12(11)20)23-18(24)17-14-5-4-13(25-14)16(17)9-1-6-15(21)22-8-9/h1-8H,(H2,21,22)(H,23,24). The van der Waals surface area contributed by atoms with E-state index in [1.54, 1.807) is 42.6 Å². The van der Waals surface area contributed by atoms with Crippen molar-refractivity contribution < 1.29 is 9.21 Å². The van der Waals surface area contributed by atoms with Crippen molar-refractivity contribution in [3.05, 3.63) is 64.3 Å². The number of hydrogen-bond acceptors (Lipinski definition) is 4. The Hall–Kier alpha value is -2.76. The number of amides is 1. The molecule has 0 aliphatic carbocycles. The third-order valence-electron chi connectivity index (χ3n) is 3.83. The summed E-state index contributed by atoms with van der Waals surface area (Å²) in [4.78, 5) is 16.9. The van der Waals surface area contributed by atoms with E-state index in [1.165, 1.54) is 0 Å². The van der Waals surface area contributed by atoms with Crippen LogP contribution < -0.4 is 11.1 Å². The Balaban J connectivity index is 1.74. The number of furan rings is 2. The molecule has 3 heterocycles. The fourth-order valence-corrected chi connectivity index (χ4v) is 2.98. The number of fused-ring (bicyclic) bond motifs is 2. The van der Waals surface area contributed by atoms with E-state index in [1.807, 2.05) is 6.07 Å². The molecule has 1 aromatic carbocycles. The van der Waals surface area contributed by atoms with Gasteiger partial charge in [-0.05, 0) is 42.5 Å². The van der Waals surface area contributed by atoms with Crippen LogP contribution in [0.4, 0.5) is 11.5 Å². The highest BCUT2D eigenvalue weighted by molar-refractivity contribution is 6.42. The normalized spacial score (nSPS) is 11.1. The fourth-order valence-electron chi connectivity index (χ4n) is 2.69. The number of benzene rings is 2. The Morgan fingerprint density at radius 3 is 2.56 bits per heavy atom. The minimum atomic E-state index is -0.306. The van der Waals surface area contributed by atoms with Gasteiger partial charge in [-0.25, -0.2) is 4.98 Å². The molecule has 5 nitrogen and oxygen atoms in total. The Kier molecular flexibility index (Phi) is 3.75. The molecule has 3 N–H and O–H groups in total. The maximum atomic E-state index is 12.8. The number of nitrogen functional groups attached to an aromatic ring is 1. The minimum absolute atomic E-state index is 0.306. The molecule has 0 saturated carbocycles. The summed E-state index contributed by atoms with van der Waals surface area (Å²) in [5.74, 6) is 0.1000. The molecule has 4 aromatic rings. The van der Waals surface area contributed by atoms with Gasteiger partial charge in [0.1, 0.15) is 17.0 Å². The van der Waals surface area contributed by atoms with Gasteiger partial charge in [-0.3, -0.25) is 4.79 Å². The molecule has 0 saturated heterocycles. The number of nitrogens with two attached hydrogens (primary N) is 1. The number of nitrogens with one attached hydrogen (secondary N) is 1. The van der Waals surface area contributed by atoms with Gasteiger partial charge in [0.2, 0.25) is 0 Å². The zero-order valence-corrected chi connectivity index (χ0v) is 14.2. The zero-order chi connectivity index (χ0) is 17.6. The van der Waals surface area contributed by atoms with E-state index in [0.717, 1.165) is 5.56 Å². The van der Waals surface area contributed by atoms with Crippen LogP contribution in [0.2, 0.25) is 10.0 Å². The van der Waals surface area contributed by atoms with Crippen LogP contribution >= 0.6 is 23.2 Å². The van der Waals surface area contributed by atoms with Crippen molar-refractivity contribution >= 4 is 51.8 Å². The smallest absolute Gasteiger partial charge is 0.260 e. The van der Waals surface area contributed by atoms with Gasteiger partial charge in [0.15, 0.2) is 0 Å². The van der Waals surface area contributed by atoms with Crippen molar-refractivity contribution in [3.63, 3.8) is 0 Å². The van der Waals surface area contributed by atoms with E-state index < -0.39 is 0 Å². The minimum Gasteiger partial charge on any atom is -0.456 e. The van der Waals surface area contributed by atoms with Gasteiger partial charge in [0.25, 0.3) is 5.91 Å². The maximum absolute atomic E-state index is 12.8. The van der Waals surface area contributed by atoms with Crippen molar-refractivity contribution in [1.29, 1.82) is 0 Å². The highest BCUT2D eigenvalue weighted by Gasteiger charge is 2.24. The van der Waals surface area contributed by atoms with Crippen LogP contribution in [0.3, 0.4) is 0 Å². The number of pyridine rings is 1. The quantitative estimate of drug-likeness (QED) is 0.526. The first kappa shape index (κ1) is 15.7. The second kappa shape index (κ2) is 5.95. The predicted molar refractivity (Wildman–Crippen MR) is 99.5 cm³/mol. The van der Waals surface area contributed by atoms with Crippen molar-refractivity contribution in [2.75, 3.05) is 11.1 Å². The number of carbonyl (C=O) groups excluding carboxylic acids is 1. The number of nitrogens with zero attached hydrogens (tertiary/aromatic N) is 1. The SMILES string of the molecule is Nc1ccc(-c2c(C(=O)Nc3ccc(Cl)c(Cl)c3)c3ccc2o3)cn1. The molecule has 3 aromatic heterocycles. The Labute approximate surface area is 152 Å². The van der Waals surface area contributed by atoms with E-state index in [9.17, 15) is 4.79 Å². The number of anilines is 2. The van der Waals surface area contributed by atoms with Gasteiger partial charge >= 0.3 is 0 Å². The fraction of sp³-hybridized carbons (Fsp3) is 0. The number of carbonyl (C=O) groups is 1. The molecular formula is C18H11Cl2N3O2. The van der Waals surface area contributed by atoms with Crippen molar-refractivity contribution in [3.8, 4) is 11.1 Å². The van der Waals surface area contributed by atoms with Crippen LogP contribution in [0.5, 0.6) is 0 Å². The molecule has 0 aliphatic rings. The maximum Gasteiger partial charge on any atom is 0.260 e. The Morgan fingerprint density at radius 1 is 1.04 bits per heavy atom. The third-order valence-corrected chi connectivity index (χ3v) is 4.57. The van der Waals surface area contributed by atoms with Gasteiger partial charge in [0, 0.05) is 23.0 Å². The first-order valence-electron chi connectivity index (χ1n) is 7.36. The Morgan fingerprint density at radius 2 is 1.84 bits per heavy atom. The molecule has 124 valence electrons. The summed E-state index contributed by atoms with van der Waals surface area (Å²) in [7, 11) is 0. The second-order valence-corrected chi connectivity index (χ2v) is 6.28. The van der Waals surface area contributed by atoms with Crippen LogP contribution in [0.25, 0.3) is 22.3 Å². The van der Waals surface area contributed by atoms with Crippen LogP contribution in [0, 0.1) is 0 Å². The molecule has 0 atom stereocenters. The molecule has 4 rings (SSSR count). The predicted octanol–water partition coefficient (Wildman–Crippen LogP) is 5.07. The van der Waals surface area contributed by atoms with Crippen LogP contribution in [0.15, 0.2) is 53.1 Å². The lowest BCUT2D eigenvalue weighted by molar-refractivity contribution is 0.102. The van der Waals surface area contributed by atoms with Crippen molar-refractivity contribution in [2.24, 2.45) is 0 Å². The van der Waals surface area contributed by atoms with Gasteiger partial charge in [0.05, 0.1) is 15.6 Å². The van der Waals surface area contributed by atoms with Crippen molar-refractivity contribution in [1.82, 2.24) is 4.98 Å². The van der Waals surface area contributed by atoms with Gasteiger partial charge in [-0.2, -0.15) is 0 Å². The number of rotatable bonds is 3. The first-order valence-corrected chi connectivity index (χ1v) is 8.11. The lowest BCUT2D eigenvalue weighted by Gasteiger charge is -2.08. The lowest BCUT2D eigenvalue weighted by atomic mass is 10.0. The molecule has 0 aliphatic heterocycles. The topological polar surface area (TPSA) is 81.2 Å². The Bertz CT molecular complexity index is 1070. The molecule has 1 amide bonds. The average molecular weight is 372 g/mol. The van der Waals surface area contributed by atoms with E-state index in [4.69, 9.17) is 33.4 Å². The second-order valence-electron chi connectivity index (χ2n) is 5.47. The molecule has 0 radical (unpaired) electrons. The first-order chi connectivity index (χ1) is 12.0. The molecule has 7 heteroatoms. The van der Waals surface area contributed by atoms with Gasteiger partial charge in [-0.15, -0.1) is 0 Å². The monoisotopic (exact) mass is 371 g/mol. The van der Waals surface area contributed by atoms with E-state index in [0.29, 0.717) is 43.8 Å². The number of aromatic nitrogens is 1. The van der Waals surface area contributed by atoms with E-state index in [2.05, 4.69) is 10.3 Å². The summed E-state index contributed by atoms with van der Waals surface area (Å²) in [6.45, 7) is 0. The zero-order valence-electron chi connectivity index (χ0n) is 12.7. The van der Waals surface area contributed by atoms with Gasteiger partial charge in [-0.1, -0.05) is 23.2 Å². The molecule has 2 bridgehead atoms. The summed E-state index contributed by atoms with van der Waals surface area (Å²) in [6.07, 6.45) is 1.61. The molecule has 0 fully saturated rings. The molecular weight excluding hydrogens is 361 g/mol. The number of halogens is 2. The van der Waals surface area contributed by atoms with E-state index >= 15 is 0 Å². The van der Waals surface area contributed by atoms with Crippen LogP contribution in [0.1, 0.15) is 10.4 Å². The van der Waals surface area contributed by atoms with E-state index in [-0.39, 0.29) is 5.91 Å².